The molecule has 0 bridgehead atoms. The van der Waals surface area contributed by atoms with Crippen LogP contribution in [-0.4, -0.2) is 95.1 Å². The number of nitrogens with two attached hydrogens (primary N) is 1. The first-order valence-electron chi connectivity index (χ1n) is 10.6. The zero-order valence-corrected chi connectivity index (χ0v) is 17.8. The van der Waals surface area contributed by atoms with Crippen molar-refractivity contribution < 1.29 is 19.0 Å². The first-order valence-corrected chi connectivity index (χ1v) is 10.6. The lowest BCUT2D eigenvalue weighted by molar-refractivity contribution is -0.537. The van der Waals surface area contributed by atoms with Gasteiger partial charge in [0, 0.05) is 20.0 Å². The molecule has 9 heteroatoms. The second-order valence-electron chi connectivity index (χ2n) is 8.23. The standard InChI is InChI=1S/C20H32N6O3/c1-4-5-6-7-10-26-15(13-25-11-8-14(9-12-25)17(21)27)22-18-16(26)19(28)24(3)20(29)23(18)2/h14,16H,4-13H2,1-3H3,(H-,21,27)/p+1. The number of rotatable bonds is 8. The van der Waals surface area contributed by atoms with Crippen molar-refractivity contribution in [3.8, 4) is 0 Å². The van der Waals surface area contributed by atoms with Crippen LogP contribution in [-0.2, 0) is 9.59 Å². The summed E-state index contributed by atoms with van der Waals surface area (Å²) < 4.78 is 2.08. The van der Waals surface area contributed by atoms with E-state index in [9.17, 15) is 14.4 Å². The molecule has 9 nitrogen and oxygen atoms in total. The lowest BCUT2D eigenvalue weighted by atomic mass is 9.96. The Morgan fingerprint density at radius 2 is 1.83 bits per heavy atom. The maximum atomic E-state index is 12.9. The Hall–Kier alpha value is -2.29. The number of likely N-dealkylation sites (N-methyl/N-ethyl adjacent to an activating group) is 2. The molecule has 0 aromatic heterocycles. The van der Waals surface area contributed by atoms with Gasteiger partial charge in [0.2, 0.25) is 5.91 Å². The molecule has 3 rings (SSSR count). The molecule has 29 heavy (non-hydrogen) atoms. The van der Waals surface area contributed by atoms with Gasteiger partial charge in [-0.15, -0.1) is 0 Å². The zero-order valence-electron chi connectivity index (χ0n) is 17.8. The SMILES string of the molecule is CCCCCC[N+]1=C(CN2CCC(C(N)=O)CC2)N=C2C1C(=O)N(C)C(=O)N2C. The molecule has 0 aromatic carbocycles. The van der Waals surface area contributed by atoms with Crippen molar-refractivity contribution in [2.75, 3.05) is 40.3 Å². The van der Waals surface area contributed by atoms with E-state index in [4.69, 9.17) is 10.7 Å². The molecule has 2 N–H and O–H groups in total. The number of carbonyl (C=O) groups excluding carboxylic acids is 3. The summed E-state index contributed by atoms with van der Waals surface area (Å²) in [4.78, 5) is 46.3. The number of hydrogen-bond acceptors (Lipinski definition) is 5. The quantitative estimate of drug-likeness (QED) is 0.469. The third kappa shape index (κ3) is 4.34. The third-order valence-electron chi connectivity index (χ3n) is 6.22. The molecule has 1 unspecified atom stereocenters. The van der Waals surface area contributed by atoms with Gasteiger partial charge in [0.15, 0.2) is 0 Å². The van der Waals surface area contributed by atoms with Crippen LogP contribution in [0.5, 0.6) is 0 Å². The smallest absolute Gasteiger partial charge is 0.333 e. The number of urea groups is 1. The fourth-order valence-corrected chi connectivity index (χ4v) is 4.32. The Kier molecular flexibility index (Phi) is 6.66. The van der Waals surface area contributed by atoms with E-state index >= 15 is 0 Å². The van der Waals surface area contributed by atoms with Crippen LogP contribution in [0.4, 0.5) is 4.79 Å². The molecular formula is C20H33N6O3+. The van der Waals surface area contributed by atoms with Crippen LogP contribution < -0.4 is 5.73 Å². The number of amides is 4. The van der Waals surface area contributed by atoms with E-state index in [1.807, 2.05) is 0 Å². The number of likely N-dealkylation sites (tertiary alicyclic amines) is 1. The molecule has 0 saturated carbocycles. The molecule has 3 aliphatic rings. The van der Waals surface area contributed by atoms with E-state index < -0.39 is 6.04 Å². The van der Waals surface area contributed by atoms with Gasteiger partial charge < -0.3 is 5.73 Å². The van der Waals surface area contributed by atoms with Gasteiger partial charge in [-0.25, -0.2) is 9.37 Å². The summed E-state index contributed by atoms with van der Waals surface area (Å²) in [5.41, 5.74) is 5.44. The Balaban J connectivity index is 1.79. The number of unbranched alkanes of at least 4 members (excludes halogenated alkanes) is 3. The molecule has 160 valence electrons. The van der Waals surface area contributed by atoms with Crippen molar-refractivity contribution in [2.45, 2.75) is 51.5 Å². The predicted octanol–water partition coefficient (Wildman–Crippen LogP) is 0.480. The van der Waals surface area contributed by atoms with Gasteiger partial charge in [-0.1, -0.05) is 19.8 Å². The van der Waals surface area contributed by atoms with Gasteiger partial charge in [-0.2, -0.15) is 0 Å². The summed E-state index contributed by atoms with van der Waals surface area (Å²) in [6.45, 7) is 5.08. The van der Waals surface area contributed by atoms with Gasteiger partial charge in [0.25, 0.3) is 17.8 Å². The summed E-state index contributed by atoms with van der Waals surface area (Å²) >= 11 is 0. The second kappa shape index (κ2) is 9.02. The molecule has 0 radical (unpaired) electrons. The monoisotopic (exact) mass is 405 g/mol. The van der Waals surface area contributed by atoms with E-state index in [-0.39, 0.29) is 23.8 Å². The molecular weight excluding hydrogens is 372 g/mol. The van der Waals surface area contributed by atoms with E-state index in [0.717, 1.165) is 64.0 Å². The van der Waals surface area contributed by atoms with Crippen molar-refractivity contribution in [3.63, 3.8) is 0 Å². The lowest BCUT2D eigenvalue weighted by Gasteiger charge is -2.31. The number of hydrogen-bond donors (Lipinski definition) is 1. The Bertz CT molecular complexity index is 738. The Morgan fingerprint density at radius 1 is 1.14 bits per heavy atom. The number of fused-ring (bicyclic) bond motifs is 1. The topological polar surface area (TPSA) is 102 Å². The van der Waals surface area contributed by atoms with Gasteiger partial charge in [0.05, 0.1) is 6.54 Å². The highest BCUT2D eigenvalue weighted by molar-refractivity contribution is 6.23. The third-order valence-corrected chi connectivity index (χ3v) is 6.22. The fourth-order valence-electron chi connectivity index (χ4n) is 4.32. The Labute approximate surface area is 172 Å². The molecule has 1 atom stereocenters. The van der Waals surface area contributed by atoms with Gasteiger partial charge >= 0.3 is 11.9 Å². The number of imide groups is 1. The number of carbonyl (C=O) groups is 3. The first kappa shape index (κ1) is 21.4. The highest BCUT2D eigenvalue weighted by Crippen LogP contribution is 2.22. The molecule has 2 fully saturated rings. The average molecular weight is 406 g/mol. The van der Waals surface area contributed by atoms with Gasteiger partial charge in [-0.3, -0.25) is 24.3 Å². The van der Waals surface area contributed by atoms with Crippen molar-refractivity contribution >= 4 is 29.5 Å². The summed E-state index contributed by atoms with van der Waals surface area (Å²) in [6, 6.07) is -0.873. The molecule has 2 saturated heterocycles. The van der Waals surface area contributed by atoms with Crippen LogP contribution in [0.3, 0.4) is 0 Å². The number of primary amides is 1. The fraction of sp³-hybridized carbons (Fsp3) is 0.750. The maximum absolute atomic E-state index is 12.9. The van der Waals surface area contributed by atoms with Gasteiger partial charge in [0.1, 0.15) is 6.54 Å². The van der Waals surface area contributed by atoms with Crippen LogP contribution in [0.15, 0.2) is 4.99 Å². The number of piperidine rings is 1. The number of amidine groups is 2. The summed E-state index contributed by atoms with van der Waals surface area (Å²) in [6.07, 6.45) is 5.89. The normalized spacial score (nSPS) is 23.7. The number of nitrogens with zero attached hydrogens (tertiary/aromatic N) is 5. The average Bonchev–Trinajstić information content (AvgIpc) is 3.06. The summed E-state index contributed by atoms with van der Waals surface area (Å²) in [5.74, 6) is 0.858. The van der Waals surface area contributed by atoms with Crippen LogP contribution >= 0.6 is 0 Å². The van der Waals surface area contributed by atoms with Crippen molar-refractivity contribution in [1.82, 2.24) is 14.7 Å². The van der Waals surface area contributed by atoms with Crippen molar-refractivity contribution in [2.24, 2.45) is 16.6 Å². The summed E-state index contributed by atoms with van der Waals surface area (Å²) in [7, 11) is 3.20. The summed E-state index contributed by atoms with van der Waals surface area (Å²) in [5, 5.41) is 0. The highest BCUT2D eigenvalue weighted by Gasteiger charge is 2.52. The molecule has 4 amide bonds. The minimum Gasteiger partial charge on any atom is -0.369 e. The lowest BCUT2D eigenvalue weighted by Crippen LogP contribution is -2.61. The van der Waals surface area contributed by atoms with Crippen LogP contribution in [0, 0.1) is 5.92 Å². The molecule has 3 aliphatic heterocycles. The minimum atomic E-state index is -0.525. The second-order valence-corrected chi connectivity index (χ2v) is 8.23. The minimum absolute atomic E-state index is 0.0575. The van der Waals surface area contributed by atoms with E-state index in [2.05, 4.69) is 16.4 Å². The molecule has 0 aromatic rings. The maximum Gasteiger partial charge on any atom is 0.333 e. The predicted molar refractivity (Wildman–Crippen MR) is 110 cm³/mol. The molecule has 3 heterocycles. The van der Waals surface area contributed by atoms with E-state index in [0.29, 0.717) is 12.4 Å². The van der Waals surface area contributed by atoms with Crippen LogP contribution in [0.1, 0.15) is 45.4 Å². The van der Waals surface area contributed by atoms with Crippen molar-refractivity contribution in [1.29, 1.82) is 0 Å². The van der Waals surface area contributed by atoms with Crippen molar-refractivity contribution in [3.05, 3.63) is 0 Å². The van der Waals surface area contributed by atoms with E-state index in [1.54, 1.807) is 7.05 Å². The number of aliphatic imine (C=N–C) groups is 1. The van der Waals surface area contributed by atoms with Crippen LogP contribution in [0.2, 0.25) is 0 Å². The Morgan fingerprint density at radius 3 is 2.45 bits per heavy atom. The van der Waals surface area contributed by atoms with E-state index in [1.165, 1.54) is 16.8 Å². The molecule has 0 aliphatic carbocycles. The highest BCUT2D eigenvalue weighted by atomic mass is 16.2. The zero-order chi connectivity index (χ0) is 21.1. The van der Waals surface area contributed by atoms with Crippen LogP contribution in [0.25, 0.3) is 0 Å². The first-order chi connectivity index (χ1) is 13.8. The molecule has 0 spiro atoms. The largest absolute Gasteiger partial charge is 0.369 e. The van der Waals surface area contributed by atoms with Gasteiger partial charge in [-0.05, 0) is 43.8 Å².